The summed E-state index contributed by atoms with van der Waals surface area (Å²) in [6.45, 7) is 8.20. The van der Waals surface area contributed by atoms with Crippen LogP contribution in [0.4, 0.5) is 0 Å². The van der Waals surface area contributed by atoms with Gasteiger partial charge in [0.2, 0.25) is 0 Å². The Balaban J connectivity index is 1.90. The summed E-state index contributed by atoms with van der Waals surface area (Å²) in [4.78, 5) is 4.56. The first-order valence-electron chi connectivity index (χ1n) is 6.84. The molecule has 3 nitrogen and oxygen atoms in total. The Morgan fingerprint density at radius 1 is 1.19 bits per heavy atom. The molecule has 0 saturated carbocycles. The Labute approximate surface area is 138 Å². The van der Waals surface area contributed by atoms with Gasteiger partial charge in [-0.25, -0.2) is 0 Å². The number of thiophene rings is 1. The Hall–Kier alpha value is -0.685. The first kappa shape index (κ1) is 15.2. The van der Waals surface area contributed by atoms with Gasteiger partial charge in [0, 0.05) is 27.1 Å². The fourth-order valence-corrected chi connectivity index (χ4v) is 3.41. The van der Waals surface area contributed by atoms with E-state index in [9.17, 15) is 0 Å². The van der Waals surface area contributed by atoms with Gasteiger partial charge in [0.05, 0.1) is 16.9 Å². The van der Waals surface area contributed by atoms with E-state index in [2.05, 4.69) is 60.1 Å². The molecule has 0 aromatic carbocycles. The fourth-order valence-electron chi connectivity index (χ4n) is 2.17. The van der Waals surface area contributed by atoms with Crippen LogP contribution in [0.5, 0.6) is 0 Å². The second kappa shape index (κ2) is 5.20. The molecule has 6 heteroatoms. The van der Waals surface area contributed by atoms with Crippen LogP contribution in [-0.4, -0.2) is 23.3 Å². The van der Waals surface area contributed by atoms with Crippen LogP contribution < -0.4 is 5.46 Å². The van der Waals surface area contributed by atoms with Crippen molar-refractivity contribution in [3.8, 4) is 11.3 Å². The summed E-state index contributed by atoms with van der Waals surface area (Å²) in [7, 11) is -0.379. The van der Waals surface area contributed by atoms with E-state index in [1.807, 2.05) is 17.6 Å². The normalized spacial score (nSPS) is 20.0. The minimum Gasteiger partial charge on any atom is -0.399 e. The summed E-state index contributed by atoms with van der Waals surface area (Å²) >= 11 is 5.27. The largest absolute Gasteiger partial charge is 0.496 e. The Morgan fingerprint density at radius 3 is 2.38 bits per heavy atom. The van der Waals surface area contributed by atoms with Crippen molar-refractivity contribution in [3.63, 3.8) is 0 Å². The van der Waals surface area contributed by atoms with Crippen LogP contribution in [0.2, 0.25) is 0 Å². The van der Waals surface area contributed by atoms with E-state index in [0.29, 0.717) is 0 Å². The maximum atomic E-state index is 6.05. The zero-order valence-electron chi connectivity index (χ0n) is 12.5. The number of rotatable bonds is 2. The van der Waals surface area contributed by atoms with Crippen LogP contribution in [-0.2, 0) is 9.31 Å². The summed E-state index contributed by atoms with van der Waals surface area (Å²) in [6, 6.07) is 4.09. The van der Waals surface area contributed by atoms with Crippen molar-refractivity contribution in [1.29, 1.82) is 0 Å². The molecule has 0 unspecified atom stereocenters. The lowest BCUT2D eigenvalue weighted by Gasteiger charge is -2.32. The van der Waals surface area contributed by atoms with E-state index < -0.39 is 0 Å². The highest BCUT2D eigenvalue weighted by molar-refractivity contribution is 9.10. The summed E-state index contributed by atoms with van der Waals surface area (Å²) in [5, 5.41) is 4.13. The van der Waals surface area contributed by atoms with Crippen LogP contribution in [0, 0.1) is 0 Å². The lowest BCUT2D eigenvalue weighted by molar-refractivity contribution is 0.00578. The Bertz CT molecular complexity index is 642. The van der Waals surface area contributed by atoms with Crippen LogP contribution in [0.25, 0.3) is 11.3 Å². The molecule has 0 aliphatic carbocycles. The highest BCUT2D eigenvalue weighted by atomic mass is 79.9. The summed E-state index contributed by atoms with van der Waals surface area (Å²) in [5.41, 5.74) is 2.31. The molecule has 21 heavy (non-hydrogen) atoms. The molecule has 1 saturated heterocycles. The third-order valence-corrected chi connectivity index (χ3v) is 5.47. The molecule has 0 N–H and O–H groups in total. The Kier molecular flexibility index (Phi) is 3.77. The zero-order valence-corrected chi connectivity index (χ0v) is 14.9. The van der Waals surface area contributed by atoms with Crippen LogP contribution in [0.1, 0.15) is 27.7 Å². The van der Waals surface area contributed by atoms with Gasteiger partial charge in [0.15, 0.2) is 0 Å². The predicted molar refractivity (Wildman–Crippen MR) is 91.0 cm³/mol. The quantitative estimate of drug-likeness (QED) is 0.757. The third kappa shape index (κ3) is 2.70. The van der Waals surface area contributed by atoms with Gasteiger partial charge in [0.25, 0.3) is 0 Å². The van der Waals surface area contributed by atoms with Gasteiger partial charge in [-0.3, -0.25) is 4.98 Å². The SMILES string of the molecule is CC1(C)OB(c2cnc(-c3ccsc3)c(Br)c2)OC1(C)C. The minimum absolute atomic E-state index is 0.337. The molecular formula is C15H17BBrNO2S. The van der Waals surface area contributed by atoms with Gasteiger partial charge in [-0.05, 0) is 61.1 Å². The van der Waals surface area contributed by atoms with E-state index in [1.165, 1.54) is 0 Å². The number of hydrogen-bond donors (Lipinski definition) is 0. The van der Waals surface area contributed by atoms with Crippen molar-refractivity contribution in [3.05, 3.63) is 33.6 Å². The number of aromatic nitrogens is 1. The number of pyridine rings is 1. The van der Waals surface area contributed by atoms with E-state index in [1.54, 1.807) is 11.3 Å². The maximum absolute atomic E-state index is 6.05. The molecular weight excluding hydrogens is 349 g/mol. The van der Waals surface area contributed by atoms with Crippen molar-refractivity contribution < 1.29 is 9.31 Å². The fraction of sp³-hybridized carbons (Fsp3) is 0.400. The summed E-state index contributed by atoms with van der Waals surface area (Å²) in [6.07, 6.45) is 1.83. The van der Waals surface area contributed by atoms with Crippen molar-refractivity contribution in [1.82, 2.24) is 4.98 Å². The lowest BCUT2D eigenvalue weighted by Crippen LogP contribution is -2.41. The van der Waals surface area contributed by atoms with Gasteiger partial charge in [-0.15, -0.1) is 0 Å². The molecule has 0 bridgehead atoms. The molecule has 3 heterocycles. The molecule has 0 amide bonds. The van der Waals surface area contributed by atoms with Crippen LogP contribution in [0.15, 0.2) is 33.6 Å². The average Bonchev–Trinajstić information content (AvgIpc) is 2.96. The zero-order chi connectivity index (χ0) is 15.3. The smallest absolute Gasteiger partial charge is 0.399 e. The van der Waals surface area contributed by atoms with Crippen molar-refractivity contribution in [2.45, 2.75) is 38.9 Å². The second-order valence-electron chi connectivity index (χ2n) is 6.20. The van der Waals surface area contributed by atoms with E-state index in [4.69, 9.17) is 9.31 Å². The number of hydrogen-bond acceptors (Lipinski definition) is 4. The van der Waals surface area contributed by atoms with Crippen molar-refractivity contribution >= 4 is 39.8 Å². The molecule has 0 radical (unpaired) electrons. The van der Waals surface area contributed by atoms with Gasteiger partial charge in [-0.2, -0.15) is 11.3 Å². The van der Waals surface area contributed by atoms with E-state index in [0.717, 1.165) is 21.2 Å². The number of halogens is 1. The molecule has 1 aliphatic rings. The summed E-state index contributed by atoms with van der Waals surface area (Å²) < 4.78 is 13.1. The van der Waals surface area contributed by atoms with Crippen molar-refractivity contribution in [2.75, 3.05) is 0 Å². The minimum atomic E-state index is -0.379. The third-order valence-electron chi connectivity index (χ3n) is 4.18. The van der Waals surface area contributed by atoms with Crippen molar-refractivity contribution in [2.24, 2.45) is 0 Å². The molecule has 0 spiro atoms. The van der Waals surface area contributed by atoms with Gasteiger partial charge in [0.1, 0.15) is 0 Å². The molecule has 3 rings (SSSR count). The average molecular weight is 366 g/mol. The van der Waals surface area contributed by atoms with Crippen LogP contribution in [0.3, 0.4) is 0 Å². The first-order valence-corrected chi connectivity index (χ1v) is 8.57. The first-order chi connectivity index (χ1) is 9.80. The number of nitrogens with zero attached hydrogens (tertiary/aromatic N) is 1. The molecule has 110 valence electrons. The van der Waals surface area contributed by atoms with Gasteiger partial charge in [-0.1, -0.05) is 0 Å². The lowest BCUT2D eigenvalue weighted by atomic mass is 9.80. The van der Waals surface area contributed by atoms with E-state index in [-0.39, 0.29) is 18.3 Å². The molecule has 2 aromatic rings. The van der Waals surface area contributed by atoms with E-state index >= 15 is 0 Å². The monoisotopic (exact) mass is 365 g/mol. The second-order valence-corrected chi connectivity index (χ2v) is 7.83. The Morgan fingerprint density at radius 2 is 1.86 bits per heavy atom. The van der Waals surface area contributed by atoms with Gasteiger partial charge >= 0.3 is 7.12 Å². The molecule has 1 aliphatic heterocycles. The summed E-state index contributed by atoms with van der Waals surface area (Å²) in [5.74, 6) is 0. The topological polar surface area (TPSA) is 31.4 Å². The highest BCUT2D eigenvalue weighted by Gasteiger charge is 2.51. The van der Waals surface area contributed by atoms with Gasteiger partial charge < -0.3 is 9.31 Å². The molecule has 0 atom stereocenters. The maximum Gasteiger partial charge on any atom is 0.496 e. The molecule has 1 fully saturated rings. The van der Waals surface area contributed by atoms with Crippen LogP contribution >= 0.6 is 27.3 Å². The molecule has 2 aromatic heterocycles. The predicted octanol–water partition coefficient (Wildman–Crippen LogP) is 3.87. The standard InChI is InChI=1S/C15H17BBrNO2S/c1-14(2)15(3,4)20-16(19-14)11-7-12(17)13(18-8-11)10-5-6-21-9-10/h5-9H,1-4H3. The highest BCUT2D eigenvalue weighted by Crippen LogP contribution is 2.37.